The maximum atomic E-state index is 13.2. The molecule has 0 bridgehead atoms. The van der Waals surface area contributed by atoms with Crippen molar-refractivity contribution in [3.8, 4) is 0 Å². The second-order valence-corrected chi connectivity index (χ2v) is 9.38. The summed E-state index contributed by atoms with van der Waals surface area (Å²) < 4.78 is 31.8. The van der Waals surface area contributed by atoms with E-state index in [4.69, 9.17) is 4.74 Å². The fraction of sp³-hybridized carbons (Fsp3) is 0.350. The van der Waals surface area contributed by atoms with Crippen LogP contribution >= 0.6 is 0 Å². The minimum absolute atomic E-state index is 0.141. The molecule has 0 radical (unpaired) electrons. The summed E-state index contributed by atoms with van der Waals surface area (Å²) in [5.41, 5.74) is 1.61. The second kappa shape index (κ2) is 6.43. The number of hydrogen-bond donors (Lipinski definition) is 0. The number of aryl methyl sites for hydroxylation is 1. The van der Waals surface area contributed by atoms with Crippen LogP contribution in [-0.4, -0.2) is 26.7 Å². The molecule has 3 rings (SSSR count). The quantitative estimate of drug-likeness (QED) is 0.794. The molecule has 1 aliphatic rings. The lowest BCUT2D eigenvalue weighted by Gasteiger charge is -2.25. The third kappa shape index (κ3) is 3.46. The molecular formula is C20H23NO4S. The Labute approximate surface area is 154 Å². The van der Waals surface area contributed by atoms with Crippen molar-refractivity contribution in [2.75, 3.05) is 11.4 Å². The van der Waals surface area contributed by atoms with Crippen LogP contribution in [0.2, 0.25) is 0 Å². The molecule has 1 amide bonds. The predicted octanol–water partition coefficient (Wildman–Crippen LogP) is 4.13. The highest BCUT2D eigenvalue weighted by Crippen LogP contribution is 2.38. The van der Waals surface area contributed by atoms with Gasteiger partial charge < -0.3 is 4.74 Å². The van der Waals surface area contributed by atoms with E-state index in [2.05, 4.69) is 0 Å². The zero-order valence-corrected chi connectivity index (χ0v) is 16.3. The SMILES string of the molecule is Cc1ccc(S(=O)(=O)c2cccc3c2N(C(=O)OC(C)(C)C)CC3)cc1. The molecule has 26 heavy (non-hydrogen) atoms. The van der Waals surface area contributed by atoms with Gasteiger partial charge in [-0.1, -0.05) is 29.8 Å². The Kier molecular flexibility index (Phi) is 4.56. The third-order valence-electron chi connectivity index (χ3n) is 4.19. The molecule has 0 unspecified atom stereocenters. The number of anilines is 1. The molecule has 0 aliphatic carbocycles. The van der Waals surface area contributed by atoms with E-state index in [1.165, 1.54) is 4.90 Å². The summed E-state index contributed by atoms with van der Waals surface area (Å²) in [4.78, 5) is 14.4. The highest BCUT2D eigenvalue weighted by molar-refractivity contribution is 7.91. The molecular weight excluding hydrogens is 350 g/mol. The van der Waals surface area contributed by atoms with E-state index in [1.54, 1.807) is 57.2 Å². The van der Waals surface area contributed by atoms with Crippen molar-refractivity contribution in [2.45, 2.75) is 49.5 Å². The number of carbonyl (C=O) groups excluding carboxylic acids is 1. The zero-order valence-electron chi connectivity index (χ0n) is 15.4. The molecule has 0 fully saturated rings. The second-order valence-electron chi connectivity index (χ2n) is 7.46. The van der Waals surface area contributed by atoms with Crippen LogP contribution in [0.1, 0.15) is 31.9 Å². The number of para-hydroxylation sites is 1. The summed E-state index contributed by atoms with van der Waals surface area (Å²) in [5.74, 6) is 0. The largest absolute Gasteiger partial charge is 0.443 e. The normalized spacial score (nSPS) is 14.2. The fourth-order valence-corrected chi connectivity index (χ4v) is 4.48. The summed E-state index contributed by atoms with van der Waals surface area (Å²) in [6, 6.07) is 11.8. The Hall–Kier alpha value is -2.34. The lowest BCUT2D eigenvalue weighted by atomic mass is 10.2. The summed E-state index contributed by atoms with van der Waals surface area (Å²) in [5, 5.41) is 0. The third-order valence-corrected chi connectivity index (χ3v) is 5.99. The molecule has 0 saturated carbocycles. The first-order valence-electron chi connectivity index (χ1n) is 8.54. The van der Waals surface area contributed by atoms with Crippen LogP contribution < -0.4 is 4.90 Å². The number of ether oxygens (including phenoxy) is 1. The van der Waals surface area contributed by atoms with Gasteiger partial charge in [-0.25, -0.2) is 13.2 Å². The number of hydrogen-bond acceptors (Lipinski definition) is 4. The Morgan fingerprint density at radius 2 is 1.73 bits per heavy atom. The molecule has 0 aromatic heterocycles. The van der Waals surface area contributed by atoms with E-state index in [-0.39, 0.29) is 9.79 Å². The van der Waals surface area contributed by atoms with Crippen LogP contribution in [-0.2, 0) is 21.0 Å². The Bertz CT molecular complexity index is 941. The first-order chi connectivity index (χ1) is 12.1. The Morgan fingerprint density at radius 3 is 2.35 bits per heavy atom. The summed E-state index contributed by atoms with van der Waals surface area (Å²) >= 11 is 0. The molecule has 0 atom stereocenters. The average Bonchev–Trinajstić information content (AvgIpc) is 2.97. The minimum Gasteiger partial charge on any atom is -0.443 e. The van der Waals surface area contributed by atoms with Crippen molar-refractivity contribution in [2.24, 2.45) is 0 Å². The monoisotopic (exact) mass is 373 g/mol. The number of amides is 1. The summed E-state index contributed by atoms with van der Waals surface area (Å²) in [7, 11) is -3.74. The average molecular weight is 373 g/mol. The number of benzene rings is 2. The van der Waals surface area contributed by atoms with Gasteiger partial charge in [0, 0.05) is 6.54 Å². The molecule has 2 aromatic carbocycles. The van der Waals surface area contributed by atoms with Gasteiger partial charge in [0.05, 0.1) is 15.5 Å². The van der Waals surface area contributed by atoms with Gasteiger partial charge in [-0.3, -0.25) is 4.90 Å². The number of carbonyl (C=O) groups is 1. The molecule has 5 nitrogen and oxygen atoms in total. The van der Waals surface area contributed by atoms with Crippen molar-refractivity contribution in [3.63, 3.8) is 0 Å². The maximum absolute atomic E-state index is 13.2. The standard InChI is InChI=1S/C20H23NO4S/c1-14-8-10-16(11-9-14)26(23,24)17-7-5-6-15-12-13-21(18(15)17)19(22)25-20(2,3)4/h5-11H,12-13H2,1-4H3. The van der Waals surface area contributed by atoms with Gasteiger partial charge in [0.2, 0.25) is 9.84 Å². The molecule has 0 saturated heterocycles. The summed E-state index contributed by atoms with van der Waals surface area (Å²) in [6.07, 6.45) is 0.0778. The van der Waals surface area contributed by atoms with Gasteiger partial charge in [-0.05, 0) is 57.9 Å². The zero-order chi connectivity index (χ0) is 19.1. The fourth-order valence-electron chi connectivity index (χ4n) is 2.98. The van der Waals surface area contributed by atoms with Crippen molar-refractivity contribution < 1.29 is 17.9 Å². The number of sulfone groups is 1. The highest BCUT2D eigenvalue weighted by atomic mass is 32.2. The molecule has 1 aliphatic heterocycles. The summed E-state index contributed by atoms with van der Waals surface area (Å²) in [6.45, 7) is 7.68. The van der Waals surface area contributed by atoms with E-state index in [1.807, 2.05) is 13.0 Å². The van der Waals surface area contributed by atoms with Crippen molar-refractivity contribution in [1.29, 1.82) is 0 Å². The Morgan fingerprint density at radius 1 is 1.08 bits per heavy atom. The van der Waals surface area contributed by atoms with Gasteiger partial charge in [-0.2, -0.15) is 0 Å². The number of rotatable bonds is 2. The van der Waals surface area contributed by atoms with Gasteiger partial charge >= 0.3 is 6.09 Å². The van der Waals surface area contributed by atoms with E-state index < -0.39 is 21.5 Å². The molecule has 6 heteroatoms. The van der Waals surface area contributed by atoms with Crippen LogP contribution in [0.3, 0.4) is 0 Å². The van der Waals surface area contributed by atoms with E-state index in [9.17, 15) is 13.2 Å². The topological polar surface area (TPSA) is 63.7 Å². The lowest BCUT2D eigenvalue weighted by Crippen LogP contribution is -2.36. The minimum atomic E-state index is -3.74. The van der Waals surface area contributed by atoms with E-state index in [0.29, 0.717) is 18.7 Å². The Balaban J connectivity index is 2.08. The molecule has 138 valence electrons. The number of fused-ring (bicyclic) bond motifs is 1. The van der Waals surface area contributed by atoms with E-state index >= 15 is 0 Å². The highest BCUT2D eigenvalue weighted by Gasteiger charge is 2.34. The van der Waals surface area contributed by atoms with Crippen LogP contribution in [0, 0.1) is 6.92 Å². The molecule has 0 spiro atoms. The van der Waals surface area contributed by atoms with Gasteiger partial charge in [0.25, 0.3) is 0 Å². The predicted molar refractivity (Wildman–Crippen MR) is 100 cm³/mol. The van der Waals surface area contributed by atoms with Gasteiger partial charge in [0.1, 0.15) is 5.60 Å². The lowest BCUT2D eigenvalue weighted by molar-refractivity contribution is 0.0583. The first-order valence-corrected chi connectivity index (χ1v) is 10.0. The van der Waals surface area contributed by atoms with Crippen molar-refractivity contribution >= 4 is 21.6 Å². The number of nitrogens with zero attached hydrogens (tertiary/aromatic N) is 1. The molecule has 1 heterocycles. The maximum Gasteiger partial charge on any atom is 0.414 e. The van der Waals surface area contributed by atoms with Crippen molar-refractivity contribution in [1.82, 2.24) is 0 Å². The van der Waals surface area contributed by atoms with Crippen LogP contribution in [0.4, 0.5) is 10.5 Å². The molecule has 0 N–H and O–H groups in total. The van der Waals surface area contributed by atoms with E-state index in [0.717, 1.165) is 11.1 Å². The van der Waals surface area contributed by atoms with Crippen LogP contribution in [0.5, 0.6) is 0 Å². The first kappa shape index (κ1) is 18.5. The van der Waals surface area contributed by atoms with Crippen LogP contribution in [0.15, 0.2) is 52.3 Å². The molecule has 2 aromatic rings. The smallest absolute Gasteiger partial charge is 0.414 e. The van der Waals surface area contributed by atoms with Crippen LogP contribution in [0.25, 0.3) is 0 Å². The van der Waals surface area contributed by atoms with Crippen molar-refractivity contribution in [3.05, 3.63) is 53.6 Å². The van der Waals surface area contributed by atoms with Gasteiger partial charge in [-0.15, -0.1) is 0 Å². The van der Waals surface area contributed by atoms with Gasteiger partial charge in [0.15, 0.2) is 0 Å².